The Morgan fingerprint density at radius 2 is 2.07 bits per heavy atom. The minimum absolute atomic E-state index is 0.252. The van der Waals surface area contributed by atoms with E-state index in [2.05, 4.69) is 23.1 Å². The molecule has 0 aromatic heterocycles. The van der Waals surface area contributed by atoms with Crippen LogP contribution in [0.4, 0.5) is 0 Å². The number of hydrogen-bond acceptors (Lipinski definition) is 5. The van der Waals surface area contributed by atoms with Crippen molar-refractivity contribution in [2.45, 2.75) is 37.5 Å². The Morgan fingerprint density at radius 3 is 2.59 bits per heavy atom. The van der Waals surface area contributed by atoms with Gasteiger partial charge in [0.25, 0.3) is 5.54 Å². The lowest BCUT2D eigenvalue weighted by Crippen LogP contribution is -2.48. The van der Waals surface area contributed by atoms with Crippen LogP contribution >= 0.6 is 0 Å². The van der Waals surface area contributed by atoms with E-state index in [9.17, 15) is 9.90 Å². The predicted molar refractivity (Wildman–Crippen MR) is 104 cm³/mol. The van der Waals surface area contributed by atoms with E-state index in [0.29, 0.717) is 12.2 Å². The van der Waals surface area contributed by atoms with E-state index in [1.807, 2.05) is 24.3 Å². The normalized spacial score (nSPS) is 23.6. The average Bonchev–Trinajstić information content (AvgIpc) is 2.67. The van der Waals surface area contributed by atoms with Gasteiger partial charge in [0.2, 0.25) is 0 Å². The molecule has 4 atom stereocenters. The van der Waals surface area contributed by atoms with Crippen molar-refractivity contribution in [1.82, 2.24) is 0 Å². The first-order chi connectivity index (χ1) is 12.9. The first kappa shape index (κ1) is 20.4. The van der Waals surface area contributed by atoms with Gasteiger partial charge in [-0.15, -0.1) is 0 Å². The number of aliphatic hydroxyl groups excluding tert-OH is 1. The summed E-state index contributed by atoms with van der Waals surface area (Å²) in [5.74, 6) is -0.257. The summed E-state index contributed by atoms with van der Waals surface area (Å²) in [5, 5.41) is 10.2. The number of benzene rings is 1. The molecule has 2 rings (SSSR count). The lowest BCUT2D eigenvalue weighted by atomic mass is 9.70. The fourth-order valence-electron chi connectivity index (χ4n) is 3.45. The van der Waals surface area contributed by atoms with Crippen molar-refractivity contribution in [3.8, 4) is 5.75 Å². The third-order valence-electron chi connectivity index (χ3n) is 4.85. The molecule has 0 amide bonds. The van der Waals surface area contributed by atoms with Crippen molar-refractivity contribution < 1.29 is 19.4 Å². The first-order valence-electron chi connectivity index (χ1n) is 8.57. The van der Waals surface area contributed by atoms with Crippen molar-refractivity contribution in [1.29, 1.82) is 0 Å². The van der Waals surface area contributed by atoms with Gasteiger partial charge >= 0.3 is 5.97 Å². The van der Waals surface area contributed by atoms with Gasteiger partial charge in [0.05, 0.1) is 25.6 Å². The summed E-state index contributed by atoms with van der Waals surface area (Å²) in [5.41, 5.74) is -0.0393. The van der Waals surface area contributed by atoms with Crippen molar-refractivity contribution in [3.63, 3.8) is 0 Å². The molecule has 1 N–H and O–H groups in total. The fourth-order valence-corrected chi connectivity index (χ4v) is 3.45. The van der Waals surface area contributed by atoms with E-state index in [1.54, 1.807) is 19.3 Å². The van der Waals surface area contributed by atoms with E-state index in [4.69, 9.17) is 16.0 Å². The molecule has 1 aliphatic carbocycles. The topological polar surface area (TPSA) is 72.5 Å². The van der Waals surface area contributed by atoms with Crippen molar-refractivity contribution >= 4 is 12.7 Å². The lowest BCUT2D eigenvalue weighted by molar-refractivity contribution is -0.148. The van der Waals surface area contributed by atoms with Gasteiger partial charge in [0.15, 0.2) is 0 Å². The van der Waals surface area contributed by atoms with Gasteiger partial charge in [-0.05, 0) is 36.9 Å². The third-order valence-corrected chi connectivity index (χ3v) is 4.85. The molecular weight excluding hydrogens is 344 g/mol. The second-order valence-electron chi connectivity index (χ2n) is 6.53. The molecule has 0 aliphatic heterocycles. The number of aliphatic hydroxyl groups is 1. The molecule has 1 aromatic carbocycles. The zero-order valence-corrected chi connectivity index (χ0v) is 15.6. The Hall–Kier alpha value is -2.91. The Balaban J connectivity index is 2.49. The standard InChI is InChI=1S/C21H24N2O4/c1-14(22-3)21(23-4,13-16-6-9-18(26-5)10-7-16)19-12-17(25)8-11-20(19)27-15(2)24/h6-11,17,19-20,25H,1,3,12-13H2,2,5H3/t17-,19-,20-,21?/m0/s1. The van der Waals surface area contributed by atoms with Gasteiger partial charge in [-0.2, -0.15) is 0 Å². The summed E-state index contributed by atoms with van der Waals surface area (Å²) >= 11 is 0. The van der Waals surface area contributed by atoms with Gasteiger partial charge in [0, 0.05) is 6.92 Å². The van der Waals surface area contributed by atoms with E-state index < -0.39 is 29.6 Å². The Morgan fingerprint density at radius 1 is 1.41 bits per heavy atom. The number of carbonyl (C=O) groups excluding carboxylic acids is 1. The van der Waals surface area contributed by atoms with Crippen molar-refractivity contribution in [2.24, 2.45) is 10.9 Å². The SMILES string of the molecule is [C-]#[N+]C(Cc1ccc(OC)cc1)(C(=C)N=C)[C@H]1C[C@@H](O)C=C[C@@H]1OC(C)=O. The molecule has 1 unspecified atom stereocenters. The molecule has 142 valence electrons. The van der Waals surface area contributed by atoms with Crippen LogP contribution in [0.15, 0.2) is 53.7 Å². The number of hydrogen-bond donors (Lipinski definition) is 1. The van der Waals surface area contributed by atoms with Crippen LogP contribution in [0.25, 0.3) is 4.85 Å². The monoisotopic (exact) mass is 368 g/mol. The molecule has 0 fully saturated rings. The van der Waals surface area contributed by atoms with Crippen LogP contribution in [0.2, 0.25) is 0 Å². The van der Waals surface area contributed by atoms with Crippen LogP contribution in [0.3, 0.4) is 0 Å². The molecule has 6 heteroatoms. The average molecular weight is 368 g/mol. The van der Waals surface area contributed by atoms with E-state index in [-0.39, 0.29) is 12.1 Å². The molecule has 0 heterocycles. The highest BCUT2D eigenvalue weighted by atomic mass is 16.5. The minimum Gasteiger partial charge on any atom is -0.497 e. The van der Waals surface area contributed by atoms with Crippen molar-refractivity contribution in [2.75, 3.05) is 7.11 Å². The molecule has 0 saturated carbocycles. The van der Waals surface area contributed by atoms with Crippen LogP contribution in [0, 0.1) is 12.5 Å². The molecule has 27 heavy (non-hydrogen) atoms. The van der Waals surface area contributed by atoms with Crippen LogP contribution in [-0.2, 0) is 16.0 Å². The fraction of sp³-hybridized carbons (Fsp3) is 0.381. The molecule has 6 nitrogen and oxygen atoms in total. The summed E-state index contributed by atoms with van der Waals surface area (Å²) in [6.07, 6.45) is 2.36. The van der Waals surface area contributed by atoms with E-state index >= 15 is 0 Å². The van der Waals surface area contributed by atoms with Crippen LogP contribution < -0.4 is 4.74 Å². The predicted octanol–water partition coefficient (Wildman–Crippen LogP) is 2.98. The summed E-state index contributed by atoms with van der Waals surface area (Å²) in [6, 6.07) is 7.36. The zero-order chi connectivity index (χ0) is 20.0. The maximum Gasteiger partial charge on any atom is 0.303 e. The van der Waals surface area contributed by atoms with Gasteiger partial charge < -0.3 is 19.4 Å². The summed E-state index contributed by atoms with van der Waals surface area (Å²) < 4.78 is 10.6. The molecule has 0 spiro atoms. The van der Waals surface area contributed by atoms with Crippen LogP contribution in [0.5, 0.6) is 5.75 Å². The molecule has 0 bridgehead atoms. The van der Waals surface area contributed by atoms with Crippen LogP contribution in [0.1, 0.15) is 18.9 Å². The number of rotatable bonds is 7. The zero-order valence-electron chi connectivity index (χ0n) is 15.6. The molecule has 1 aromatic rings. The molecule has 1 aliphatic rings. The summed E-state index contributed by atoms with van der Waals surface area (Å²) in [7, 11) is 1.58. The van der Waals surface area contributed by atoms with Gasteiger partial charge in [-0.25, -0.2) is 6.57 Å². The first-order valence-corrected chi connectivity index (χ1v) is 8.57. The highest BCUT2D eigenvalue weighted by molar-refractivity contribution is 5.66. The highest BCUT2D eigenvalue weighted by Gasteiger charge is 2.53. The van der Waals surface area contributed by atoms with E-state index in [1.165, 1.54) is 6.92 Å². The number of carbonyl (C=O) groups is 1. The largest absolute Gasteiger partial charge is 0.497 e. The maximum atomic E-state index is 11.6. The number of nitrogens with zero attached hydrogens (tertiary/aromatic N) is 2. The highest BCUT2D eigenvalue weighted by Crippen LogP contribution is 2.42. The van der Waals surface area contributed by atoms with Gasteiger partial charge in [0.1, 0.15) is 17.6 Å². The number of aliphatic imine (C=N–C) groups is 1. The van der Waals surface area contributed by atoms with Crippen LogP contribution in [-0.4, -0.2) is 42.7 Å². The molecular formula is C21H24N2O4. The number of esters is 1. The minimum atomic E-state index is -1.21. The Labute approximate surface area is 159 Å². The lowest BCUT2D eigenvalue weighted by Gasteiger charge is -2.37. The number of methoxy groups -OCH3 is 1. The Kier molecular flexibility index (Phi) is 6.54. The molecule has 0 radical (unpaired) electrons. The van der Waals surface area contributed by atoms with Crippen molar-refractivity contribution in [3.05, 3.63) is 65.7 Å². The summed E-state index contributed by atoms with van der Waals surface area (Å²) in [4.78, 5) is 19.4. The molecule has 0 saturated heterocycles. The van der Waals surface area contributed by atoms with Gasteiger partial charge in [-0.1, -0.05) is 24.8 Å². The Bertz CT molecular complexity index is 778. The van der Waals surface area contributed by atoms with Gasteiger partial charge in [-0.3, -0.25) is 9.79 Å². The maximum absolute atomic E-state index is 11.6. The second-order valence-corrected chi connectivity index (χ2v) is 6.53. The summed E-state index contributed by atoms with van der Waals surface area (Å²) in [6.45, 7) is 16.8. The second kappa shape index (κ2) is 8.65. The quantitative estimate of drug-likeness (QED) is 0.348. The third kappa shape index (κ3) is 4.44. The smallest absolute Gasteiger partial charge is 0.303 e. The number of ether oxygens (including phenoxy) is 2. The van der Waals surface area contributed by atoms with E-state index in [0.717, 1.165) is 5.56 Å².